The Bertz CT molecular complexity index is 835. The Kier molecular flexibility index (Phi) is 3.90. The van der Waals surface area contributed by atoms with Crippen molar-refractivity contribution in [3.8, 4) is 5.69 Å². The minimum atomic E-state index is 0.589. The van der Waals surface area contributed by atoms with Gasteiger partial charge in [-0.15, -0.1) is 0 Å². The highest BCUT2D eigenvalue weighted by Gasteiger charge is 2.12. The summed E-state index contributed by atoms with van der Waals surface area (Å²) in [4.78, 5) is 0. The van der Waals surface area contributed by atoms with E-state index in [1.165, 1.54) is 0 Å². The van der Waals surface area contributed by atoms with E-state index < -0.39 is 0 Å². The fourth-order valence-electron chi connectivity index (χ4n) is 2.32. The molecular weight excluding hydrogens is 302 g/mol. The van der Waals surface area contributed by atoms with Crippen LogP contribution in [0.3, 0.4) is 0 Å². The van der Waals surface area contributed by atoms with Crippen LogP contribution in [-0.2, 0) is 6.42 Å². The van der Waals surface area contributed by atoms with Crippen LogP contribution in [0.5, 0.6) is 0 Å². The first-order valence-electron chi connectivity index (χ1n) is 6.62. The van der Waals surface area contributed by atoms with Gasteiger partial charge < -0.3 is 0 Å². The monoisotopic (exact) mass is 315 g/mol. The first-order valence-corrected chi connectivity index (χ1v) is 7.41. The number of halogens is 1. The summed E-state index contributed by atoms with van der Waals surface area (Å²) in [6, 6.07) is 15.9. The maximum absolute atomic E-state index is 6.24. The van der Waals surface area contributed by atoms with Crippen LogP contribution < -0.4 is 0 Å². The highest BCUT2D eigenvalue weighted by Crippen LogP contribution is 2.21. The molecule has 106 valence electrons. The SMILES string of the molecule is Cc1ccccc1-n1c(Cc2ccccc2Cl)n[nH]c1=S. The van der Waals surface area contributed by atoms with Crippen molar-refractivity contribution in [3.05, 3.63) is 75.3 Å². The molecule has 0 spiro atoms. The minimum Gasteiger partial charge on any atom is -0.272 e. The number of aryl methyl sites for hydroxylation is 1. The molecule has 0 unspecified atom stereocenters. The van der Waals surface area contributed by atoms with E-state index in [0.29, 0.717) is 11.2 Å². The van der Waals surface area contributed by atoms with E-state index in [1.807, 2.05) is 47.0 Å². The fourth-order valence-corrected chi connectivity index (χ4v) is 2.77. The quantitative estimate of drug-likeness (QED) is 0.723. The third-order valence-electron chi connectivity index (χ3n) is 3.40. The number of aromatic nitrogens is 3. The Labute approximate surface area is 133 Å². The summed E-state index contributed by atoms with van der Waals surface area (Å²) in [6.07, 6.45) is 0.626. The molecule has 0 bridgehead atoms. The van der Waals surface area contributed by atoms with Gasteiger partial charge in [0.05, 0.1) is 5.69 Å². The second-order valence-electron chi connectivity index (χ2n) is 4.84. The van der Waals surface area contributed by atoms with Gasteiger partial charge in [-0.2, -0.15) is 5.10 Å². The van der Waals surface area contributed by atoms with Crippen LogP contribution in [0.15, 0.2) is 48.5 Å². The molecule has 3 aromatic rings. The van der Waals surface area contributed by atoms with Gasteiger partial charge >= 0.3 is 0 Å². The topological polar surface area (TPSA) is 33.6 Å². The second-order valence-corrected chi connectivity index (χ2v) is 5.63. The predicted octanol–water partition coefficient (Wildman–Crippen LogP) is 4.48. The zero-order chi connectivity index (χ0) is 14.8. The Hall–Kier alpha value is -1.91. The Morgan fingerprint density at radius 3 is 2.62 bits per heavy atom. The molecule has 0 amide bonds. The number of hydrogen-bond acceptors (Lipinski definition) is 2. The van der Waals surface area contributed by atoms with Gasteiger partial charge in [0.15, 0.2) is 4.77 Å². The lowest BCUT2D eigenvalue weighted by atomic mass is 10.1. The van der Waals surface area contributed by atoms with Crippen molar-refractivity contribution in [1.82, 2.24) is 14.8 Å². The van der Waals surface area contributed by atoms with Crippen molar-refractivity contribution in [2.75, 3.05) is 0 Å². The average Bonchev–Trinajstić information content (AvgIpc) is 2.83. The molecule has 0 aliphatic heterocycles. The van der Waals surface area contributed by atoms with Crippen molar-refractivity contribution in [3.63, 3.8) is 0 Å². The molecule has 3 rings (SSSR count). The van der Waals surface area contributed by atoms with Gasteiger partial charge in [0, 0.05) is 11.4 Å². The van der Waals surface area contributed by atoms with Crippen molar-refractivity contribution in [2.45, 2.75) is 13.3 Å². The lowest BCUT2D eigenvalue weighted by Crippen LogP contribution is -2.04. The van der Waals surface area contributed by atoms with Crippen LogP contribution in [0.4, 0.5) is 0 Å². The van der Waals surface area contributed by atoms with Crippen molar-refractivity contribution in [2.24, 2.45) is 0 Å². The van der Waals surface area contributed by atoms with Crippen LogP contribution in [0.1, 0.15) is 17.0 Å². The fraction of sp³-hybridized carbons (Fsp3) is 0.125. The third-order valence-corrected chi connectivity index (χ3v) is 4.05. The first kappa shape index (κ1) is 14.0. The summed E-state index contributed by atoms with van der Waals surface area (Å²) < 4.78 is 2.56. The smallest absolute Gasteiger partial charge is 0.199 e. The second kappa shape index (κ2) is 5.84. The molecule has 0 aliphatic rings. The summed E-state index contributed by atoms with van der Waals surface area (Å²) in [5.74, 6) is 0.849. The van der Waals surface area contributed by atoms with Crippen LogP contribution in [-0.4, -0.2) is 14.8 Å². The molecule has 21 heavy (non-hydrogen) atoms. The van der Waals surface area contributed by atoms with E-state index in [9.17, 15) is 0 Å². The van der Waals surface area contributed by atoms with Gasteiger partial charge in [0.2, 0.25) is 0 Å². The number of rotatable bonds is 3. The van der Waals surface area contributed by atoms with Crippen LogP contribution in [0.25, 0.3) is 5.69 Å². The Morgan fingerprint density at radius 2 is 1.86 bits per heavy atom. The molecule has 0 saturated carbocycles. The summed E-state index contributed by atoms with van der Waals surface area (Å²) in [7, 11) is 0. The van der Waals surface area contributed by atoms with Gasteiger partial charge in [0.1, 0.15) is 5.82 Å². The normalized spacial score (nSPS) is 10.8. The van der Waals surface area contributed by atoms with Gasteiger partial charge in [-0.3, -0.25) is 9.67 Å². The van der Waals surface area contributed by atoms with E-state index in [4.69, 9.17) is 23.8 Å². The molecule has 3 nitrogen and oxygen atoms in total. The van der Waals surface area contributed by atoms with E-state index in [-0.39, 0.29) is 0 Å². The first-order chi connectivity index (χ1) is 10.2. The molecule has 2 aromatic carbocycles. The summed E-state index contributed by atoms with van der Waals surface area (Å²) >= 11 is 11.6. The number of aromatic amines is 1. The number of hydrogen-bond donors (Lipinski definition) is 1. The van der Waals surface area contributed by atoms with Crippen LogP contribution in [0, 0.1) is 11.7 Å². The van der Waals surface area contributed by atoms with Crippen LogP contribution in [0.2, 0.25) is 5.02 Å². The van der Waals surface area contributed by atoms with Crippen molar-refractivity contribution < 1.29 is 0 Å². The standard InChI is InChI=1S/C16H14ClN3S/c1-11-6-2-5-9-14(11)20-15(18-19-16(20)21)10-12-7-3-4-8-13(12)17/h2-9H,10H2,1H3,(H,19,21). The highest BCUT2D eigenvalue weighted by molar-refractivity contribution is 7.71. The molecule has 5 heteroatoms. The van der Waals surface area contributed by atoms with Gasteiger partial charge in [-0.25, -0.2) is 0 Å². The van der Waals surface area contributed by atoms with E-state index in [2.05, 4.69) is 23.2 Å². The molecule has 0 atom stereocenters. The molecular formula is C16H14ClN3S. The largest absolute Gasteiger partial charge is 0.272 e. The number of para-hydroxylation sites is 1. The van der Waals surface area contributed by atoms with Gasteiger partial charge in [-0.1, -0.05) is 48.0 Å². The zero-order valence-electron chi connectivity index (χ0n) is 11.5. The van der Waals surface area contributed by atoms with Gasteiger partial charge in [0.25, 0.3) is 0 Å². The Morgan fingerprint density at radius 1 is 1.14 bits per heavy atom. The summed E-state index contributed by atoms with van der Waals surface area (Å²) in [6.45, 7) is 2.06. The summed E-state index contributed by atoms with van der Waals surface area (Å²) in [5, 5.41) is 7.97. The molecule has 0 radical (unpaired) electrons. The zero-order valence-corrected chi connectivity index (χ0v) is 13.1. The lowest BCUT2D eigenvalue weighted by Gasteiger charge is -2.10. The minimum absolute atomic E-state index is 0.589. The van der Waals surface area contributed by atoms with Crippen LogP contribution >= 0.6 is 23.8 Å². The molecule has 0 saturated heterocycles. The number of benzene rings is 2. The average molecular weight is 316 g/mol. The van der Waals surface area contributed by atoms with Crippen molar-refractivity contribution >= 4 is 23.8 Å². The molecule has 0 fully saturated rings. The number of nitrogens with one attached hydrogen (secondary N) is 1. The number of H-pyrrole nitrogens is 1. The number of nitrogens with zero attached hydrogens (tertiary/aromatic N) is 2. The lowest BCUT2D eigenvalue weighted by molar-refractivity contribution is 0.897. The maximum atomic E-state index is 6.24. The molecule has 1 heterocycles. The molecule has 0 aliphatic carbocycles. The Balaban J connectivity index is 2.09. The van der Waals surface area contributed by atoms with E-state index >= 15 is 0 Å². The third kappa shape index (κ3) is 2.77. The maximum Gasteiger partial charge on any atom is 0.199 e. The predicted molar refractivity (Wildman–Crippen MR) is 87.7 cm³/mol. The van der Waals surface area contributed by atoms with E-state index in [1.54, 1.807) is 0 Å². The van der Waals surface area contributed by atoms with Crippen molar-refractivity contribution in [1.29, 1.82) is 0 Å². The summed E-state index contributed by atoms with van der Waals surface area (Å²) in [5.41, 5.74) is 3.22. The molecule has 1 N–H and O–H groups in total. The molecule has 1 aromatic heterocycles. The van der Waals surface area contributed by atoms with Gasteiger partial charge in [-0.05, 0) is 42.4 Å². The van der Waals surface area contributed by atoms with E-state index in [0.717, 1.165) is 27.7 Å². The highest BCUT2D eigenvalue weighted by atomic mass is 35.5.